The molecule has 0 aromatic rings. The highest BCUT2D eigenvalue weighted by atomic mass is 28.2. The molecule has 0 unspecified atom stereocenters. The van der Waals surface area contributed by atoms with E-state index in [2.05, 4.69) is 0 Å². The van der Waals surface area contributed by atoms with Crippen molar-refractivity contribution in [2.45, 2.75) is 12.5 Å². The van der Waals surface area contributed by atoms with Crippen molar-refractivity contribution in [3.63, 3.8) is 0 Å². The lowest BCUT2D eigenvalue weighted by Crippen LogP contribution is -2.24. The number of hydrogen-bond acceptors (Lipinski definition) is 1. The van der Waals surface area contributed by atoms with Crippen LogP contribution in [0.15, 0.2) is 0 Å². The summed E-state index contributed by atoms with van der Waals surface area (Å²) in [5, 5.41) is 8.25. The van der Waals surface area contributed by atoms with Crippen LogP contribution in [-0.4, -0.2) is 24.8 Å². The van der Waals surface area contributed by atoms with Gasteiger partial charge in [0.15, 0.2) is 0 Å². The van der Waals surface area contributed by atoms with E-state index in [-0.39, 0.29) is 0 Å². The number of carboxylic acid groups (broad SMARTS) is 1. The predicted molar refractivity (Wildman–Crippen MR) is 29.3 cm³/mol. The topological polar surface area (TPSA) is 37.3 Å². The number of hydrogen-bond donors (Lipinski definition) is 1. The molecule has 1 heterocycles. The fourth-order valence-corrected chi connectivity index (χ4v) is 1.45. The van der Waals surface area contributed by atoms with Crippen LogP contribution in [0.3, 0.4) is 0 Å². The fourth-order valence-electron chi connectivity index (χ4n) is 0.483. The molecule has 0 amide bonds. The summed E-state index contributed by atoms with van der Waals surface area (Å²) in [5.41, 5.74) is 1.35. The zero-order chi connectivity index (χ0) is 5.28. The summed E-state index contributed by atoms with van der Waals surface area (Å²) in [6.07, 6.45) is 1.03. The molecule has 0 bridgehead atoms. The van der Waals surface area contributed by atoms with Gasteiger partial charge in [0.2, 0.25) is 0 Å². The van der Waals surface area contributed by atoms with Gasteiger partial charge in [-0.1, -0.05) is 5.67 Å². The summed E-state index contributed by atoms with van der Waals surface area (Å²) in [5.74, 6) is 0. The Morgan fingerprint density at radius 1 is 1.86 bits per heavy atom. The van der Waals surface area contributed by atoms with E-state index in [9.17, 15) is 4.79 Å². The van der Waals surface area contributed by atoms with Gasteiger partial charge >= 0.3 is 0 Å². The summed E-state index contributed by atoms with van der Waals surface area (Å²) in [6, 6.07) is 0.944. The SMILES string of the molecule is O=C(O)[Si]1=CCC1. The van der Waals surface area contributed by atoms with E-state index in [4.69, 9.17) is 5.11 Å². The minimum Gasteiger partial charge on any atom is -0.483 e. The van der Waals surface area contributed by atoms with Crippen LogP contribution in [0.5, 0.6) is 0 Å². The first kappa shape index (κ1) is 4.71. The standard InChI is InChI=1S/C4H6O2Si/c5-4(6)7-2-1-3-7/h2H,1,3H2,(H,5,6). The Bertz CT molecular complexity index is 128. The first-order valence-electron chi connectivity index (χ1n) is 2.23. The Kier molecular flexibility index (Phi) is 1.06. The first-order chi connectivity index (χ1) is 3.30. The maximum atomic E-state index is 10.00. The molecular formula is C4H6O2Si. The lowest BCUT2D eigenvalue weighted by Gasteiger charge is -2.05. The van der Waals surface area contributed by atoms with Crippen molar-refractivity contribution in [1.29, 1.82) is 0 Å². The van der Waals surface area contributed by atoms with Crippen LogP contribution in [0, 0.1) is 0 Å². The highest BCUT2D eigenvalue weighted by Crippen LogP contribution is 1.99. The van der Waals surface area contributed by atoms with Crippen LogP contribution in [-0.2, 0) is 0 Å². The maximum absolute atomic E-state index is 10.00. The predicted octanol–water partition coefficient (Wildman–Crippen LogP) is 0.528. The summed E-state index contributed by atoms with van der Waals surface area (Å²) < 4.78 is 0. The zero-order valence-electron chi connectivity index (χ0n) is 3.85. The highest BCUT2D eigenvalue weighted by Gasteiger charge is 2.13. The van der Waals surface area contributed by atoms with Gasteiger partial charge in [-0.15, -0.1) is 0 Å². The number of carbonyl (C=O) groups is 1. The fraction of sp³-hybridized carbons (Fsp3) is 0.500. The van der Waals surface area contributed by atoms with E-state index in [1.165, 1.54) is 0 Å². The monoisotopic (exact) mass is 114 g/mol. The molecular weight excluding hydrogens is 108 g/mol. The van der Waals surface area contributed by atoms with E-state index in [1.54, 1.807) is 0 Å². The van der Waals surface area contributed by atoms with Gasteiger partial charge in [-0.2, -0.15) is 0 Å². The van der Waals surface area contributed by atoms with Crippen molar-refractivity contribution in [2.24, 2.45) is 0 Å². The van der Waals surface area contributed by atoms with Gasteiger partial charge < -0.3 is 5.11 Å². The van der Waals surface area contributed by atoms with Crippen LogP contribution >= 0.6 is 0 Å². The molecule has 7 heavy (non-hydrogen) atoms. The minimum absolute atomic E-state index is 0.573. The Morgan fingerprint density at radius 2 is 2.43 bits per heavy atom. The molecule has 0 saturated carbocycles. The lowest BCUT2D eigenvalue weighted by atomic mass is 10.6. The van der Waals surface area contributed by atoms with E-state index < -0.39 is 14.0 Å². The van der Waals surface area contributed by atoms with Crippen molar-refractivity contribution in [3.05, 3.63) is 0 Å². The van der Waals surface area contributed by atoms with E-state index >= 15 is 0 Å². The molecule has 0 aliphatic carbocycles. The van der Waals surface area contributed by atoms with E-state index in [0.29, 0.717) is 0 Å². The molecule has 3 heteroatoms. The second-order valence-electron chi connectivity index (χ2n) is 1.57. The largest absolute Gasteiger partial charge is 0.483 e. The molecule has 0 saturated heterocycles. The van der Waals surface area contributed by atoms with Gasteiger partial charge in [-0.05, 0) is 12.5 Å². The molecule has 0 aromatic heterocycles. The van der Waals surface area contributed by atoms with E-state index in [1.807, 2.05) is 5.67 Å². The van der Waals surface area contributed by atoms with Crippen LogP contribution in [0.4, 0.5) is 4.79 Å². The molecule has 2 nitrogen and oxygen atoms in total. The quantitative estimate of drug-likeness (QED) is 0.505. The zero-order valence-corrected chi connectivity index (χ0v) is 4.85. The van der Waals surface area contributed by atoms with Crippen molar-refractivity contribution in [1.82, 2.24) is 0 Å². The van der Waals surface area contributed by atoms with Gasteiger partial charge in [0, 0.05) is 0 Å². The third-order valence-electron chi connectivity index (χ3n) is 1.08. The third kappa shape index (κ3) is 0.770. The highest BCUT2D eigenvalue weighted by molar-refractivity contribution is 6.94. The third-order valence-corrected chi connectivity index (χ3v) is 3.24. The molecule has 0 aromatic carbocycles. The average Bonchev–Trinajstić information content (AvgIpc) is 1.23. The molecule has 1 rings (SSSR count). The van der Waals surface area contributed by atoms with Crippen molar-refractivity contribution < 1.29 is 9.90 Å². The molecule has 0 atom stereocenters. The molecule has 1 aliphatic heterocycles. The summed E-state index contributed by atoms with van der Waals surface area (Å²) in [4.78, 5) is 10.00. The van der Waals surface area contributed by atoms with Crippen LogP contribution < -0.4 is 0 Å². The van der Waals surface area contributed by atoms with Crippen molar-refractivity contribution in [3.8, 4) is 0 Å². The second-order valence-corrected chi connectivity index (χ2v) is 3.96. The first-order valence-corrected chi connectivity index (χ1v) is 4.01. The smallest absolute Gasteiger partial charge is 0.289 e. The molecule has 1 N–H and O–H groups in total. The van der Waals surface area contributed by atoms with Crippen LogP contribution in [0.2, 0.25) is 6.04 Å². The molecule has 0 spiro atoms. The van der Waals surface area contributed by atoms with Gasteiger partial charge in [0.25, 0.3) is 5.59 Å². The lowest BCUT2D eigenvalue weighted by molar-refractivity contribution is 0.219. The Morgan fingerprint density at radius 3 is 2.43 bits per heavy atom. The molecule has 0 radical (unpaired) electrons. The van der Waals surface area contributed by atoms with Gasteiger partial charge in [-0.3, -0.25) is 4.79 Å². The Balaban J connectivity index is 2.57. The normalized spacial score (nSPS) is 17.4. The molecule has 0 fully saturated rings. The van der Waals surface area contributed by atoms with Gasteiger partial charge in [0.05, 0.1) is 0 Å². The van der Waals surface area contributed by atoms with Crippen LogP contribution in [0.25, 0.3) is 0 Å². The van der Waals surface area contributed by atoms with Crippen LogP contribution in [0.1, 0.15) is 6.42 Å². The summed E-state index contributed by atoms with van der Waals surface area (Å²) in [7, 11) is -0.974. The maximum Gasteiger partial charge on any atom is 0.289 e. The van der Waals surface area contributed by atoms with Gasteiger partial charge in [0.1, 0.15) is 8.41 Å². The average molecular weight is 114 g/mol. The van der Waals surface area contributed by atoms with Crippen molar-refractivity contribution >= 4 is 19.7 Å². The van der Waals surface area contributed by atoms with Crippen molar-refractivity contribution in [2.75, 3.05) is 0 Å². The summed E-state index contributed by atoms with van der Waals surface area (Å²) >= 11 is 0. The number of rotatable bonds is 1. The Hall–Kier alpha value is -0.443. The Labute approximate surface area is 43.0 Å². The molecule has 38 valence electrons. The van der Waals surface area contributed by atoms with E-state index in [0.717, 1.165) is 12.5 Å². The second kappa shape index (κ2) is 1.58. The summed E-state index contributed by atoms with van der Waals surface area (Å²) in [6.45, 7) is 0. The molecule has 1 aliphatic rings. The minimum atomic E-state index is -0.974. The van der Waals surface area contributed by atoms with Gasteiger partial charge in [-0.25, -0.2) is 0 Å².